The van der Waals surface area contributed by atoms with Crippen molar-refractivity contribution in [1.29, 1.82) is 0 Å². The highest BCUT2D eigenvalue weighted by molar-refractivity contribution is 8.00. The van der Waals surface area contributed by atoms with Crippen LogP contribution in [-0.2, 0) is 22.6 Å². The Morgan fingerprint density at radius 3 is 2.38 bits per heavy atom. The Labute approximate surface area is 231 Å². The number of amides is 3. The third-order valence-corrected chi connectivity index (χ3v) is 9.37. The molecule has 3 heterocycles. The molecule has 3 N–H and O–H groups in total. The van der Waals surface area contributed by atoms with Crippen LogP contribution in [0.25, 0.3) is 0 Å². The number of halogens is 4. The molecule has 5 rings (SSSR count). The number of rotatable bonds is 7. The van der Waals surface area contributed by atoms with Crippen LogP contribution in [0.5, 0.6) is 0 Å². The summed E-state index contributed by atoms with van der Waals surface area (Å²) >= 11 is 7.40. The predicted octanol–water partition coefficient (Wildman–Crippen LogP) is 3.88. The van der Waals surface area contributed by atoms with E-state index in [0.717, 1.165) is 6.07 Å². The summed E-state index contributed by atoms with van der Waals surface area (Å²) in [5, 5.41) is 7.52. The number of anilines is 1. The second-order valence-corrected chi connectivity index (χ2v) is 12.1. The summed E-state index contributed by atoms with van der Waals surface area (Å²) < 4.78 is 43.1. The van der Waals surface area contributed by atoms with Crippen molar-refractivity contribution in [2.24, 2.45) is 0 Å². The maximum atomic E-state index is 14.0. The number of ketones is 1. The van der Waals surface area contributed by atoms with Crippen molar-refractivity contribution in [1.82, 2.24) is 15.2 Å². The van der Waals surface area contributed by atoms with Gasteiger partial charge in [0, 0.05) is 42.3 Å². The van der Waals surface area contributed by atoms with E-state index < -0.39 is 59.2 Å². The zero-order chi connectivity index (χ0) is 28.3. The van der Waals surface area contributed by atoms with Gasteiger partial charge in [-0.1, -0.05) is 11.6 Å². The molecule has 2 aliphatic heterocycles. The van der Waals surface area contributed by atoms with E-state index in [2.05, 4.69) is 16.0 Å². The Kier molecular flexibility index (Phi) is 6.77. The quantitative estimate of drug-likeness (QED) is 0.339. The Morgan fingerprint density at radius 2 is 1.79 bits per heavy atom. The smallest absolute Gasteiger partial charge is 0.293 e. The second kappa shape index (κ2) is 9.58. The van der Waals surface area contributed by atoms with Crippen LogP contribution in [0.4, 0.5) is 18.9 Å². The number of hydrogen-bond acceptors (Lipinski definition) is 5. The monoisotopic (exact) mass is 582 g/mol. The van der Waals surface area contributed by atoms with Gasteiger partial charge in [0.15, 0.2) is 0 Å². The fraction of sp³-hybridized carbons (Fsp3) is 0.462. The van der Waals surface area contributed by atoms with Crippen molar-refractivity contribution in [3.05, 3.63) is 51.6 Å². The standard InChI is InChI=1S/C26H26ClF3N4O4S/c1-13-18(17-4-3-7-34(17)19(13)21(36)31-14-5-6-16(28)15(27)8-14)20(35)22(37)32-25(9-26(29,30)10-25)23(38)33-24(2)11-39-12-24/h5-6,8H,3-4,7,9-12H2,1-2H3,(H,31,36)(H,32,37)(H,33,38). The van der Waals surface area contributed by atoms with Gasteiger partial charge in [-0.3, -0.25) is 19.2 Å². The highest BCUT2D eigenvalue weighted by atomic mass is 35.5. The topological polar surface area (TPSA) is 109 Å². The summed E-state index contributed by atoms with van der Waals surface area (Å²) in [6, 6.07) is 3.69. The molecular weight excluding hydrogens is 557 g/mol. The fourth-order valence-electron chi connectivity index (χ4n) is 5.48. The van der Waals surface area contributed by atoms with Gasteiger partial charge in [0.1, 0.15) is 17.1 Å². The molecule has 1 saturated carbocycles. The van der Waals surface area contributed by atoms with Crippen molar-refractivity contribution in [3.8, 4) is 0 Å². The molecule has 8 nitrogen and oxygen atoms in total. The van der Waals surface area contributed by atoms with Crippen LogP contribution in [-0.4, -0.2) is 56.6 Å². The van der Waals surface area contributed by atoms with Crippen LogP contribution in [0.3, 0.4) is 0 Å². The van der Waals surface area contributed by atoms with Gasteiger partial charge in [-0.05, 0) is 50.5 Å². The van der Waals surface area contributed by atoms with Gasteiger partial charge in [-0.25, -0.2) is 13.2 Å². The summed E-state index contributed by atoms with van der Waals surface area (Å²) in [4.78, 5) is 52.8. The number of nitrogens with one attached hydrogen (secondary N) is 3. The molecule has 1 aromatic carbocycles. The van der Waals surface area contributed by atoms with E-state index in [-0.39, 0.29) is 27.5 Å². The first-order valence-electron chi connectivity index (χ1n) is 12.4. The van der Waals surface area contributed by atoms with Crippen LogP contribution in [0, 0.1) is 12.7 Å². The maximum absolute atomic E-state index is 14.0. The molecule has 1 aliphatic carbocycles. The number of carbonyl (C=O) groups is 4. The number of benzene rings is 1. The van der Waals surface area contributed by atoms with Crippen molar-refractivity contribution in [2.45, 2.75) is 63.1 Å². The molecule has 39 heavy (non-hydrogen) atoms. The lowest BCUT2D eigenvalue weighted by Gasteiger charge is -2.49. The SMILES string of the molecule is Cc1c(C(=O)C(=O)NC2(C(=O)NC3(C)CSC3)CC(F)(F)C2)c2n(c1C(=O)Nc1ccc(F)c(Cl)c1)CCC2. The fourth-order valence-corrected chi connectivity index (χ4v) is 6.62. The number of thioether (sulfide) groups is 1. The Morgan fingerprint density at radius 1 is 1.10 bits per heavy atom. The Bertz CT molecular complexity index is 1410. The average Bonchev–Trinajstić information content (AvgIpc) is 3.37. The number of aromatic nitrogens is 1. The summed E-state index contributed by atoms with van der Waals surface area (Å²) in [5.41, 5.74) is -1.35. The predicted molar refractivity (Wildman–Crippen MR) is 140 cm³/mol. The molecule has 1 aromatic heterocycles. The Balaban J connectivity index is 1.39. The minimum Gasteiger partial charge on any atom is -0.347 e. The number of hydrogen-bond donors (Lipinski definition) is 3. The Hall–Kier alpha value is -2.99. The first-order chi connectivity index (χ1) is 18.2. The lowest BCUT2D eigenvalue weighted by atomic mass is 9.72. The highest BCUT2D eigenvalue weighted by Crippen LogP contribution is 2.46. The first-order valence-corrected chi connectivity index (χ1v) is 13.9. The molecule has 2 fully saturated rings. The van der Waals surface area contributed by atoms with E-state index in [1.54, 1.807) is 23.3 Å². The van der Waals surface area contributed by atoms with E-state index in [4.69, 9.17) is 11.6 Å². The lowest BCUT2D eigenvalue weighted by molar-refractivity contribution is -0.166. The van der Waals surface area contributed by atoms with Gasteiger partial charge in [0.05, 0.1) is 16.1 Å². The maximum Gasteiger partial charge on any atom is 0.293 e. The molecule has 0 radical (unpaired) electrons. The van der Waals surface area contributed by atoms with E-state index in [1.807, 2.05) is 0 Å². The summed E-state index contributed by atoms with van der Waals surface area (Å²) in [6.45, 7) is 3.74. The van der Waals surface area contributed by atoms with E-state index in [9.17, 15) is 32.3 Å². The molecule has 208 valence electrons. The van der Waals surface area contributed by atoms with Crippen molar-refractivity contribution in [2.75, 3.05) is 16.8 Å². The van der Waals surface area contributed by atoms with E-state index in [1.165, 1.54) is 19.1 Å². The lowest BCUT2D eigenvalue weighted by Crippen LogP contribution is -2.73. The van der Waals surface area contributed by atoms with E-state index in [0.29, 0.717) is 36.6 Å². The normalized spacial score (nSPS) is 19.7. The summed E-state index contributed by atoms with van der Waals surface area (Å²) in [5.74, 6) is -6.08. The molecule has 0 bridgehead atoms. The number of fused-ring (bicyclic) bond motifs is 1. The van der Waals surface area contributed by atoms with Crippen molar-refractivity contribution < 1.29 is 32.3 Å². The number of Topliss-reactive ketones (excluding diaryl/α,β-unsaturated/α-hetero) is 1. The van der Waals surface area contributed by atoms with E-state index >= 15 is 0 Å². The van der Waals surface area contributed by atoms with Gasteiger partial charge >= 0.3 is 0 Å². The highest BCUT2D eigenvalue weighted by Gasteiger charge is 2.63. The number of alkyl halides is 2. The molecule has 1 saturated heterocycles. The summed E-state index contributed by atoms with van der Waals surface area (Å²) in [7, 11) is 0. The first kappa shape index (κ1) is 27.6. The van der Waals surface area contributed by atoms with Crippen LogP contribution in [0.2, 0.25) is 5.02 Å². The van der Waals surface area contributed by atoms with Gasteiger partial charge < -0.3 is 20.5 Å². The molecular formula is C26H26ClF3N4O4S. The average molecular weight is 583 g/mol. The van der Waals surface area contributed by atoms with Crippen LogP contribution in [0.1, 0.15) is 58.3 Å². The van der Waals surface area contributed by atoms with Crippen molar-refractivity contribution in [3.63, 3.8) is 0 Å². The molecule has 3 aliphatic rings. The van der Waals surface area contributed by atoms with Crippen LogP contribution < -0.4 is 16.0 Å². The van der Waals surface area contributed by atoms with Gasteiger partial charge in [-0.15, -0.1) is 0 Å². The molecule has 3 amide bonds. The summed E-state index contributed by atoms with van der Waals surface area (Å²) in [6.07, 6.45) is -0.774. The zero-order valence-corrected chi connectivity index (χ0v) is 22.8. The minimum atomic E-state index is -3.15. The number of nitrogens with zero attached hydrogens (tertiary/aromatic N) is 1. The third-order valence-electron chi connectivity index (χ3n) is 7.40. The number of carbonyl (C=O) groups excluding carboxylic acids is 4. The minimum absolute atomic E-state index is 0.0104. The zero-order valence-electron chi connectivity index (χ0n) is 21.2. The largest absolute Gasteiger partial charge is 0.347 e. The van der Waals surface area contributed by atoms with Crippen LogP contribution >= 0.6 is 23.4 Å². The molecule has 13 heteroatoms. The van der Waals surface area contributed by atoms with Gasteiger partial charge in [0.25, 0.3) is 23.5 Å². The van der Waals surface area contributed by atoms with Gasteiger partial charge in [-0.2, -0.15) is 11.8 Å². The molecule has 0 unspecified atom stereocenters. The molecule has 2 aromatic rings. The molecule has 0 spiro atoms. The second-order valence-electron chi connectivity index (χ2n) is 10.7. The molecule has 0 atom stereocenters. The van der Waals surface area contributed by atoms with Crippen molar-refractivity contribution >= 4 is 52.6 Å². The van der Waals surface area contributed by atoms with Crippen LogP contribution in [0.15, 0.2) is 18.2 Å². The third kappa shape index (κ3) is 4.93. The van der Waals surface area contributed by atoms with Gasteiger partial charge in [0.2, 0.25) is 5.91 Å².